The maximum Gasteiger partial charge on any atom is 0.337 e. The number of carbonyl (C=O) groups excluding carboxylic acids is 1. The second kappa shape index (κ2) is 8.54. The Morgan fingerprint density at radius 1 is 1.23 bits per heavy atom. The largest absolute Gasteiger partial charge is 0.478 e. The van der Waals surface area contributed by atoms with Gasteiger partial charge in [-0.3, -0.25) is 9.59 Å². The first-order chi connectivity index (χ1) is 14.9. The van der Waals surface area contributed by atoms with E-state index in [1.807, 2.05) is 0 Å². The third kappa shape index (κ3) is 4.39. The van der Waals surface area contributed by atoms with Crippen LogP contribution in [0.2, 0.25) is 4.34 Å². The molecule has 3 aromatic heterocycles. The number of aromatic nitrogens is 4. The minimum atomic E-state index is -1.18. The number of carboxylic acids is 1. The van der Waals surface area contributed by atoms with Gasteiger partial charge in [-0.15, -0.1) is 16.4 Å². The van der Waals surface area contributed by atoms with Gasteiger partial charge in [-0.2, -0.15) is 0 Å². The smallest absolute Gasteiger partial charge is 0.337 e. The summed E-state index contributed by atoms with van der Waals surface area (Å²) in [4.78, 5) is 39.0. The Hall–Kier alpha value is -3.76. The van der Waals surface area contributed by atoms with Crippen molar-refractivity contribution in [2.75, 3.05) is 0 Å². The Morgan fingerprint density at radius 2 is 2.06 bits per heavy atom. The van der Waals surface area contributed by atoms with Crippen LogP contribution < -0.4 is 10.9 Å². The molecule has 0 aliphatic rings. The van der Waals surface area contributed by atoms with Gasteiger partial charge in [0.2, 0.25) is 0 Å². The minimum Gasteiger partial charge on any atom is -0.478 e. The number of aromatic carboxylic acids is 1. The van der Waals surface area contributed by atoms with Crippen molar-refractivity contribution in [3.63, 3.8) is 0 Å². The molecule has 31 heavy (non-hydrogen) atoms. The fourth-order valence-electron chi connectivity index (χ4n) is 2.91. The van der Waals surface area contributed by atoms with E-state index >= 15 is 0 Å². The number of carboxylic acid groups (broad SMARTS) is 1. The molecular weight excluding hydrogens is 442 g/mol. The highest BCUT2D eigenvalue weighted by Gasteiger charge is 2.16. The predicted octanol–water partition coefficient (Wildman–Crippen LogP) is 2.97. The Balaban J connectivity index is 1.58. The summed E-state index contributed by atoms with van der Waals surface area (Å²) in [5.74, 6) is -1.47. The first-order valence-electron chi connectivity index (χ1n) is 8.93. The van der Waals surface area contributed by atoms with Gasteiger partial charge in [0.15, 0.2) is 0 Å². The third-order valence-electron chi connectivity index (χ3n) is 4.37. The average molecular weight is 456 g/mol. The molecule has 9 nitrogen and oxygen atoms in total. The van der Waals surface area contributed by atoms with E-state index in [0.717, 1.165) is 11.3 Å². The SMILES string of the molecule is O=C(NCc1cn(-c2ccc(-c3ccc[nH]c3=O)cc2C(=O)O)nn1)c1ccc(Cl)s1. The van der Waals surface area contributed by atoms with Crippen LogP contribution in [0.4, 0.5) is 0 Å². The van der Waals surface area contributed by atoms with Crippen LogP contribution in [0.25, 0.3) is 16.8 Å². The molecule has 1 aromatic carbocycles. The van der Waals surface area contributed by atoms with E-state index in [9.17, 15) is 19.5 Å². The van der Waals surface area contributed by atoms with Crippen molar-refractivity contribution in [3.05, 3.63) is 85.7 Å². The number of H-pyrrole nitrogens is 1. The minimum absolute atomic E-state index is 0.0468. The van der Waals surface area contributed by atoms with E-state index in [1.165, 1.54) is 23.1 Å². The summed E-state index contributed by atoms with van der Waals surface area (Å²) in [6, 6.07) is 11.1. The van der Waals surface area contributed by atoms with Crippen molar-refractivity contribution in [1.82, 2.24) is 25.3 Å². The van der Waals surface area contributed by atoms with Crippen LogP contribution >= 0.6 is 22.9 Å². The molecule has 0 fully saturated rings. The summed E-state index contributed by atoms with van der Waals surface area (Å²) in [7, 11) is 0. The highest BCUT2D eigenvalue weighted by molar-refractivity contribution is 7.17. The summed E-state index contributed by atoms with van der Waals surface area (Å²) in [6.07, 6.45) is 3.03. The van der Waals surface area contributed by atoms with Crippen molar-refractivity contribution in [2.45, 2.75) is 6.54 Å². The zero-order valence-electron chi connectivity index (χ0n) is 15.7. The average Bonchev–Trinajstić information content (AvgIpc) is 3.41. The van der Waals surface area contributed by atoms with E-state index in [4.69, 9.17) is 11.6 Å². The van der Waals surface area contributed by atoms with E-state index < -0.39 is 5.97 Å². The lowest BCUT2D eigenvalue weighted by Crippen LogP contribution is -2.21. The number of halogens is 1. The number of nitrogens with zero attached hydrogens (tertiary/aromatic N) is 3. The Morgan fingerprint density at radius 3 is 2.77 bits per heavy atom. The topological polar surface area (TPSA) is 130 Å². The first kappa shape index (κ1) is 20.5. The highest BCUT2D eigenvalue weighted by Crippen LogP contribution is 2.23. The second-order valence-corrected chi connectivity index (χ2v) is 8.11. The molecule has 3 heterocycles. The maximum atomic E-state index is 12.1. The van der Waals surface area contributed by atoms with Crippen molar-refractivity contribution in [3.8, 4) is 16.8 Å². The molecule has 0 unspecified atom stereocenters. The molecule has 0 radical (unpaired) electrons. The maximum absolute atomic E-state index is 12.1. The number of nitrogens with one attached hydrogen (secondary N) is 2. The van der Waals surface area contributed by atoms with Crippen molar-refractivity contribution in [1.29, 1.82) is 0 Å². The number of hydrogen-bond donors (Lipinski definition) is 3. The molecule has 4 rings (SSSR count). The van der Waals surface area contributed by atoms with Crippen molar-refractivity contribution < 1.29 is 14.7 Å². The van der Waals surface area contributed by atoms with Crippen molar-refractivity contribution in [2.24, 2.45) is 0 Å². The summed E-state index contributed by atoms with van der Waals surface area (Å²) < 4.78 is 1.82. The standard InChI is InChI=1S/C20H14ClN5O4S/c21-17-6-5-16(31-17)19(28)23-9-12-10-26(25-24-12)15-4-3-11(8-14(15)20(29)30)13-2-1-7-22-18(13)27/h1-8,10H,9H2,(H,22,27)(H,23,28)(H,29,30). The molecule has 156 valence electrons. The molecular formula is C20H14ClN5O4S. The number of hydrogen-bond acceptors (Lipinski definition) is 6. The Labute approximate surface area is 183 Å². The zero-order chi connectivity index (χ0) is 22.0. The summed E-state index contributed by atoms with van der Waals surface area (Å²) in [5, 5.41) is 20.3. The molecule has 0 atom stereocenters. The van der Waals surface area contributed by atoms with Crippen LogP contribution in [0, 0.1) is 0 Å². The monoisotopic (exact) mass is 455 g/mol. The molecule has 0 aliphatic carbocycles. The quantitative estimate of drug-likeness (QED) is 0.409. The molecule has 0 saturated heterocycles. The van der Waals surface area contributed by atoms with Gasteiger partial charge < -0.3 is 15.4 Å². The normalized spacial score (nSPS) is 10.7. The number of amides is 1. The van der Waals surface area contributed by atoms with Crippen LogP contribution in [0.15, 0.2) is 59.7 Å². The Kier molecular flexibility index (Phi) is 5.65. The lowest BCUT2D eigenvalue weighted by Gasteiger charge is -2.08. The molecule has 11 heteroatoms. The summed E-state index contributed by atoms with van der Waals surface area (Å²) in [5.41, 5.74) is 1.17. The predicted molar refractivity (Wildman–Crippen MR) is 115 cm³/mol. The van der Waals surface area contributed by atoms with E-state index in [-0.39, 0.29) is 29.3 Å². The van der Waals surface area contributed by atoms with Gasteiger partial charge in [-0.05, 0) is 42.0 Å². The number of rotatable bonds is 6. The van der Waals surface area contributed by atoms with Crippen LogP contribution in [-0.4, -0.2) is 37.0 Å². The molecule has 3 N–H and O–H groups in total. The van der Waals surface area contributed by atoms with Gasteiger partial charge in [0.1, 0.15) is 5.69 Å². The number of benzene rings is 1. The molecule has 0 aliphatic heterocycles. The third-order valence-corrected chi connectivity index (χ3v) is 5.60. The van der Waals surface area contributed by atoms with Crippen LogP contribution in [0.3, 0.4) is 0 Å². The fraction of sp³-hybridized carbons (Fsp3) is 0.0500. The van der Waals surface area contributed by atoms with Gasteiger partial charge in [0.05, 0.1) is 33.2 Å². The molecule has 0 bridgehead atoms. The molecule has 1 amide bonds. The highest BCUT2D eigenvalue weighted by atomic mass is 35.5. The lowest BCUT2D eigenvalue weighted by atomic mass is 10.0. The number of pyridine rings is 1. The van der Waals surface area contributed by atoms with Gasteiger partial charge >= 0.3 is 5.97 Å². The van der Waals surface area contributed by atoms with Gasteiger partial charge in [0.25, 0.3) is 11.5 Å². The Bertz CT molecular complexity index is 1340. The second-order valence-electron chi connectivity index (χ2n) is 6.39. The number of thiophene rings is 1. The summed E-state index contributed by atoms with van der Waals surface area (Å²) >= 11 is 7.00. The molecule has 0 spiro atoms. The number of carbonyl (C=O) groups is 2. The van der Waals surface area contributed by atoms with Gasteiger partial charge in [0, 0.05) is 11.8 Å². The van der Waals surface area contributed by atoms with Gasteiger partial charge in [-0.25, -0.2) is 9.48 Å². The molecule has 4 aromatic rings. The first-order valence-corrected chi connectivity index (χ1v) is 10.1. The molecule has 0 saturated carbocycles. The zero-order valence-corrected chi connectivity index (χ0v) is 17.3. The van der Waals surface area contributed by atoms with E-state index in [0.29, 0.717) is 26.0 Å². The van der Waals surface area contributed by atoms with E-state index in [2.05, 4.69) is 20.6 Å². The van der Waals surface area contributed by atoms with Crippen LogP contribution in [0.5, 0.6) is 0 Å². The number of aromatic amines is 1. The van der Waals surface area contributed by atoms with Crippen molar-refractivity contribution >= 4 is 34.8 Å². The van der Waals surface area contributed by atoms with E-state index in [1.54, 1.807) is 36.4 Å². The van der Waals surface area contributed by atoms with Gasteiger partial charge in [-0.1, -0.05) is 22.9 Å². The summed E-state index contributed by atoms with van der Waals surface area (Å²) in [6.45, 7) is 0.105. The van der Waals surface area contributed by atoms with Crippen LogP contribution in [-0.2, 0) is 6.54 Å². The fourth-order valence-corrected chi connectivity index (χ4v) is 3.87. The lowest BCUT2D eigenvalue weighted by molar-refractivity contribution is 0.0696. The van der Waals surface area contributed by atoms with Crippen LogP contribution in [0.1, 0.15) is 25.7 Å².